The van der Waals surface area contributed by atoms with Gasteiger partial charge in [-0.1, -0.05) is 53.2 Å². The molecule has 1 aliphatic carbocycles. The lowest BCUT2D eigenvalue weighted by Gasteiger charge is -2.36. The Morgan fingerprint density at radius 2 is 1.73 bits per heavy atom. The second-order valence-electron chi connectivity index (χ2n) is 8.21. The van der Waals surface area contributed by atoms with E-state index in [0.29, 0.717) is 29.2 Å². The van der Waals surface area contributed by atoms with E-state index >= 15 is 0 Å². The van der Waals surface area contributed by atoms with Crippen LogP contribution in [0.25, 0.3) is 0 Å². The Morgan fingerprint density at radius 3 is 2.31 bits per heavy atom. The Balaban J connectivity index is 1.86. The molecule has 0 aromatic heterocycles. The molecule has 1 aromatic carbocycles. The summed E-state index contributed by atoms with van der Waals surface area (Å²) in [6.45, 7) is 10.4. The van der Waals surface area contributed by atoms with Crippen molar-refractivity contribution in [2.45, 2.75) is 65.9 Å². The highest BCUT2D eigenvalue weighted by atomic mass is 16.6. The summed E-state index contributed by atoms with van der Waals surface area (Å²) >= 11 is 0. The van der Waals surface area contributed by atoms with Crippen molar-refractivity contribution < 1.29 is 19.1 Å². The molecule has 0 amide bonds. The van der Waals surface area contributed by atoms with Gasteiger partial charge in [-0.3, -0.25) is 0 Å². The number of rotatable bonds is 6. The minimum Gasteiger partial charge on any atom is -0.460 e. The highest BCUT2D eigenvalue weighted by Gasteiger charge is 2.33. The zero-order chi connectivity index (χ0) is 19.3. The summed E-state index contributed by atoms with van der Waals surface area (Å²) in [5.41, 5.74) is 1.61. The van der Waals surface area contributed by atoms with Gasteiger partial charge in [0, 0.05) is 0 Å². The van der Waals surface area contributed by atoms with Crippen LogP contribution in [-0.4, -0.2) is 24.6 Å². The summed E-state index contributed by atoms with van der Waals surface area (Å²) in [4.78, 5) is 24.3. The maximum absolute atomic E-state index is 12.2. The molecule has 0 heterocycles. The third-order valence-electron chi connectivity index (χ3n) is 5.38. The zero-order valence-electron chi connectivity index (χ0n) is 16.7. The number of hydrogen-bond donors (Lipinski definition) is 0. The first-order chi connectivity index (χ1) is 12.3. The van der Waals surface area contributed by atoms with E-state index in [0.717, 1.165) is 18.4 Å². The summed E-state index contributed by atoms with van der Waals surface area (Å²) in [5.74, 6) is 0.875. The van der Waals surface area contributed by atoms with Crippen LogP contribution in [-0.2, 0) is 14.3 Å². The minimum absolute atomic E-state index is 0.0738. The number of hydrogen-bond acceptors (Lipinski definition) is 4. The van der Waals surface area contributed by atoms with Gasteiger partial charge in [0.1, 0.15) is 6.10 Å². The van der Waals surface area contributed by atoms with Gasteiger partial charge in [-0.25, -0.2) is 9.59 Å². The first-order valence-electron chi connectivity index (χ1n) is 9.74. The van der Waals surface area contributed by atoms with Gasteiger partial charge in [-0.2, -0.15) is 0 Å². The highest BCUT2D eigenvalue weighted by Crippen LogP contribution is 2.35. The fourth-order valence-electron chi connectivity index (χ4n) is 3.66. The van der Waals surface area contributed by atoms with Crippen molar-refractivity contribution in [2.24, 2.45) is 17.8 Å². The molecule has 4 heteroatoms. The van der Waals surface area contributed by atoms with E-state index in [-0.39, 0.29) is 12.7 Å². The molecule has 1 saturated carbocycles. The molecule has 0 aliphatic heterocycles. The molecule has 0 N–H and O–H groups in total. The van der Waals surface area contributed by atoms with E-state index in [4.69, 9.17) is 9.47 Å². The predicted octanol–water partition coefficient (Wildman–Crippen LogP) is 4.97. The molecule has 1 aromatic rings. The third kappa shape index (κ3) is 5.58. The van der Waals surface area contributed by atoms with Crippen molar-refractivity contribution >= 4 is 11.9 Å². The summed E-state index contributed by atoms with van der Waals surface area (Å²) in [6, 6.07) is 7.30. The van der Waals surface area contributed by atoms with Crippen molar-refractivity contribution in [1.82, 2.24) is 0 Å². The fourth-order valence-corrected chi connectivity index (χ4v) is 3.66. The summed E-state index contributed by atoms with van der Waals surface area (Å²) in [7, 11) is 0. The van der Waals surface area contributed by atoms with Crippen LogP contribution < -0.4 is 0 Å². The van der Waals surface area contributed by atoms with Gasteiger partial charge < -0.3 is 9.47 Å². The SMILES string of the molecule is CC1CCC(C(C)C)C(OC(=O)COC(=O)c2ccc(C(C)C)cc2)C1. The van der Waals surface area contributed by atoms with Crippen LogP contribution >= 0.6 is 0 Å². The van der Waals surface area contributed by atoms with Gasteiger partial charge in [-0.05, 0) is 54.2 Å². The second kappa shape index (κ2) is 9.20. The van der Waals surface area contributed by atoms with Gasteiger partial charge in [0.15, 0.2) is 6.61 Å². The summed E-state index contributed by atoms with van der Waals surface area (Å²) in [5, 5.41) is 0. The lowest BCUT2D eigenvalue weighted by Crippen LogP contribution is -2.36. The molecule has 1 aliphatic rings. The van der Waals surface area contributed by atoms with Crippen LogP contribution in [0.1, 0.15) is 75.7 Å². The number of carbonyl (C=O) groups excluding carboxylic acids is 2. The van der Waals surface area contributed by atoms with Gasteiger partial charge in [-0.15, -0.1) is 0 Å². The Bertz CT molecular complexity index is 603. The van der Waals surface area contributed by atoms with E-state index in [9.17, 15) is 9.59 Å². The molecule has 2 rings (SSSR count). The summed E-state index contributed by atoms with van der Waals surface area (Å²) < 4.78 is 10.8. The minimum atomic E-state index is -0.491. The molecule has 0 spiro atoms. The van der Waals surface area contributed by atoms with Gasteiger partial charge >= 0.3 is 11.9 Å². The molecule has 0 bridgehead atoms. The highest BCUT2D eigenvalue weighted by molar-refractivity contribution is 5.90. The van der Waals surface area contributed by atoms with Crippen molar-refractivity contribution in [3.8, 4) is 0 Å². The number of benzene rings is 1. The Labute approximate surface area is 157 Å². The number of carbonyl (C=O) groups is 2. The molecule has 26 heavy (non-hydrogen) atoms. The van der Waals surface area contributed by atoms with E-state index in [1.165, 1.54) is 6.42 Å². The van der Waals surface area contributed by atoms with E-state index in [2.05, 4.69) is 34.6 Å². The second-order valence-corrected chi connectivity index (χ2v) is 8.21. The van der Waals surface area contributed by atoms with Crippen LogP contribution in [0.2, 0.25) is 0 Å². The molecule has 0 saturated heterocycles. The van der Waals surface area contributed by atoms with E-state index in [1.54, 1.807) is 12.1 Å². The summed E-state index contributed by atoms with van der Waals surface area (Å²) in [6.07, 6.45) is 3.08. The van der Waals surface area contributed by atoms with Crippen molar-refractivity contribution in [3.05, 3.63) is 35.4 Å². The number of esters is 2. The Hall–Kier alpha value is -1.84. The number of ether oxygens (including phenoxy) is 2. The molecule has 3 atom stereocenters. The quantitative estimate of drug-likeness (QED) is 0.672. The molecule has 0 radical (unpaired) electrons. The van der Waals surface area contributed by atoms with Crippen LogP contribution in [0.3, 0.4) is 0 Å². The van der Waals surface area contributed by atoms with Crippen LogP contribution in [0.4, 0.5) is 0 Å². The normalized spacial score (nSPS) is 23.1. The first kappa shape index (κ1) is 20.5. The Kier molecular flexibility index (Phi) is 7.24. The third-order valence-corrected chi connectivity index (χ3v) is 5.38. The topological polar surface area (TPSA) is 52.6 Å². The standard InChI is InChI=1S/C22H32O4/c1-14(2)17-7-9-18(10-8-17)22(24)25-13-21(23)26-20-12-16(5)6-11-19(20)15(3)4/h7-10,14-16,19-20H,6,11-13H2,1-5H3. The van der Waals surface area contributed by atoms with E-state index in [1.807, 2.05) is 12.1 Å². The van der Waals surface area contributed by atoms with Gasteiger partial charge in [0.05, 0.1) is 5.56 Å². The lowest BCUT2D eigenvalue weighted by molar-refractivity contribution is -0.159. The maximum atomic E-state index is 12.2. The lowest BCUT2D eigenvalue weighted by atomic mass is 9.75. The molecule has 1 fully saturated rings. The predicted molar refractivity (Wildman–Crippen MR) is 102 cm³/mol. The largest absolute Gasteiger partial charge is 0.460 e. The Morgan fingerprint density at radius 1 is 1.08 bits per heavy atom. The fraction of sp³-hybridized carbons (Fsp3) is 0.636. The van der Waals surface area contributed by atoms with Crippen LogP contribution in [0, 0.1) is 17.8 Å². The van der Waals surface area contributed by atoms with Crippen molar-refractivity contribution in [2.75, 3.05) is 6.61 Å². The maximum Gasteiger partial charge on any atom is 0.344 e. The van der Waals surface area contributed by atoms with Crippen molar-refractivity contribution in [1.29, 1.82) is 0 Å². The van der Waals surface area contributed by atoms with Crippen LogP contribution in [0.15, 0.2) is 24.3 Å². The zero-order valence-corrected chi connectivity index (χ0v) is 16.7. The molecule has 144 valence electrons. The van der Waals surface area contributed by atoms with Crippen LogP contribution in [0.5, 0.6) is 0 Å². The average Bonchev–Trinajstić information content (AvgIpc) is 2.59. The first-order valence-corrected chi connectivity index (χ1v) is 9.74. The molecular formula is C22H32O4. The van der Waals surface area contributed by atoms with E-state index < -0.39 is 11.9 Å². The van der Waals surface area contributed by atoms with Gasteiger partial charge in [0.2, 0.25) is 0 Å². The monoisotopic (exact) mass is 360 g/mol. The van der Waals surface area contributed by atoms with Crippen molar-refractivity contribution in [3.63, 3.8) is 0 Å². The average molecular weight is 360 g/mol. The van der Waals surface area contributed by atoms with Gasteiger partial charge in [0.25, 0.3) is 0 Å². The molecule has 4 nitrogen and oxygen atoms in total. The molecular weight excluding hydrogens is 328 g/mol. The molecule has 3 unspecified atom stereocenters. The smallest absolute Gasteiger partial charge is 0.344 e.